The Morgan fingerprint density at radius 1 is 1.52 bits per heavy atom. The van der Waals surface area contributed by atoms with Crippen LogP contribution in [0.25, 0.3) is 0 Å². The lowest BCUT2D eigenvalue weighted by Gasteiger charge is -2.26. The second-order valence-electron chi connectivity index (χ2n) is 5.96. The van der Waals surface area contributed by atoms with Gasteiger partial charge in [0.15, 0.2) is 0 Å². The van der Waals surface area contributed by atoms with E-state index < -0.39 is 0 Å². The monoisotopic (exact) mass is 348 g/mol. The van der Waals surface area contributed by atoms with Gasteiger partial charge in [-0.25, -0.2) is 0 Å². The molecule has 2 rings (SSSR count). The fourth-order valence-electron chi connectivity index (χ4n) is 2.28. The van der Waals surface area contributed by atoms with Gasteiger partial charge in [0.05, 0.1) is 6.04 Å². The lowest BCUT2D eigenvalue weighted by atomic mass is 9.85. The van der Waals surface area contributed by atoms with Crippen LogP contribution >= 0.6 is 35.8 Å². The summed E-state index contributed by atoms with van der Waals surface area (Å²) < 4.78 is 0. The molecule has 0 radical (unpaired) electrons. The highest BCUT2D eigenvalue weighted by Gasteiger charge is 2.25. The summed E-state index contributed by atoms with van der Waals surface area (Å²) in [7, 11) is 0. The van der Waals surface area contributed by atoms with Gasteiger partial charge in [0.25, 0.3) is 0 Å². The highest BCUT2D eigenvalue weighted by molar-refractivity contribution is 7.99. The van der Waals surface area contributed by atoms with Gasteiger partial charge >= 0.3 is 0 Å². The number of hydrogen-bond acceptors (Lipinski definition) is 3. The van der Waals surface area contributed by atoms with E-state index in [-0.39, 0.29) is 29.8 Å². The van der Waals surface area contributed by atoms with E-state index in [0.29, 0.717) is 6.54 Å². The van der Waals surface area contributed by atoms with Crippen molar-refractivity contribution in [1.29, 1.82) is 0 Å². The summed E-state index contributed by atoms with van der Waals surface area (Å²) in [6.07, 6.45) is 0.890. The average Bonchev–Trinajstić information content (AvgIpc) is 2.89. The maximum atomic E-state index is 12.0. The minimum absolute atomic E-state index is 0. The molecule has 0 spiro atoms. The van der Waals surface area contributed by atoms with Crippen LogP contribution in [-0.4, -0.2) is 30.1 Å². The summed E-state index contributed by atoms with van der Waals surface area (Å²) in [4.78, 5) is 12.0. The molecule has 1 aromatic carbocycles. The van der Waals surface area contributed by atoms with E-state index in [1.54, 1.807) is 11.8 Å². The third-order valence-corrected chi connectivity index (χ3v) is 4.52. The molecule has 6 heteroatoms. The molecule has 1 fully saturated rings. The van der Waals surface area contributed by atoms with Gasteiger partial charge in [-0.1, -0.05) is 37.6 Å². The molecule has 3 nitrogen and oxygen atoms in total. The van der Waals surface area contributed by atoms with Crippen molar-refractivity contribution in [3.05, 3.63) is 34.9 Å². The molecule has 1 heterocycles. The Hall–Kier alpha value is -0.420. The molecule has 1 aliphatic rings. The number of nitrogens with one attached hydrogen (secondary N) is 2. The first-order valence-electron chi connectivity index (χ1n) is 6.80. The molecule has 1 amide bonds. The van der Waals surface area contributed by atoms with Crippen molar-refractivity contribution in [2.45, 2.75) is 26.3 Å². The molecule has 1 atom stereocenters. The zero-order valence-corrected chi connectivity index (χ0v) is 14.7. The Morgan fingerprint density at radius 2 is 2.29 bits per heavy atom. The predicted molar refractivity (Wildman–Crippen MR) is 93.4 cm³/mol. The Kier molecular flexibility index (Phi) is 7.34. The fourth-order valence-corrected chi connectivity index (χ4v) is 3.43. The summed E-state index contributed by atoms with van der Waals surface area (Å²) in [5, 5.41) is 6.99. The molecule has 0 aromatic heterocycles. The third-order valence-electron chi connectivity index (χ3n) is 3.35. The number of thioether (sulfide) groups is 1. The smallest absolute Gasteiger partial charge is 0.238 e. The van der Waals surface area contributed by atoms with Crippen molar-refractivity contribution in [2.24, 2.45) is 5.41 Å². The first kappa shape index (κ1) is 18.6. The summed E-state index contributed by atoms with van der Waals surface area (Å²) in [5.74, 6) is 1.83. The van der Waals surface area contributed by atoms with E-state index in [1.807, 2.05) is 18.2 Å². The van der Waals surface area contributed by atoms with E-state index in [2.05, 4.69) is 30.5 Å². The largest absolute Gasteiger partial charge is 0.354 e. The van der Waals surface area contributed by atoms with Gasteiger partial charge in [0, 0.05) is 23.2 Å². The zero-order chi connectivity index (χ0) is 14.6. The number of carbonyl (C=O) groups excluding carboxylic acids is 1. The Balaban J connectivity index is 0.00000220. The summed E-state index contributed by atoms with van der Waals surface area (Å²) >= 11 is 7.77. The van der Waals surface area contributed by atoms with Crippen molar-refractivity contribution in [3.8, 4) is 0 Å². The number of halogens is 2. The molecule has 1 aliphatic heterocycles. The van der Waals surface area contributed by atoms with E-state index in [0.717, 1.165) is 23.1 Å². The summed E-state index contributed by atoms with van der Waals surface area (Å²) in [6.45, 7) is 4.98. The van der Waals surface area contributed by atoms with Crippen LogP contribution in [0.1, 0.15) is 19.4 Å². The van der Waals surface area contributed by atoms with Crippen LogP contribution in [0, 0.1) is 5.41 Å². The van der Waals surface area contributed by atoms with Crippen LogP contribution < -0.4 is 10.6 Å². The number of amides is 1. The molecule has 118 valence electrons. The molecular formula is C15H22Cl2N2OS. The van der Waals surface area contributed by atoms with E-state index in [9.17, 15) is 4.79 Å². The van der Waals surface area contributed by atoms with Crippen LogP contribution in [0.2, 0.25) is 5.02 Å². The fraction of sp³-hybridized carbons (Fsp3) is 0.533. The number of rotatable bonds is 5. The molecule has 1 saturated heterocycles. The van der Waals surface area contributed by atoms with Crippen LogP contribution in [0.3, 0.4) is 0 Å². The molecule has 1 unspecified atom stereocenters. The van der Waals surface area contributed by atoms with E-state index in [4.69, 9.17) is 11.6 Å². The predicted octanol–water partition coefficient (Wildman–Crippen LogP) is 3.11. The number of benzene rings is 1. The van der Waals surface area contributed by atoms with Crippen molar-refractivity contribution in [2.75, 3.05) is 18.2 Å². The summed E-state index contributed by atoms with van der Waals surface area (Å²) in [5.41, 5.74) is 1.21. The van der Waals surface area contributed by atoms with Gasteiger partial charge in [-0.3, -0.25) is 10.1 Å². The SMILES string of the molecule is CC(C)(CNC(=O)C1CSCN1)Cc1cccc(Cl)c1.Cl. The number of hydrogen-bond donors (Lipinski definition) is 2. The van der Waals surface area contributed by atoms with Crippen LogP contribution in [0.15, 0.2) is 24.3 Å². The molecule has 0 aliphatic carbocycles. The number of carbonyl (C=O) groups is 1. The Morgan fingerprint density at radius 3 is 2.90 bits per heavy atom. The lowest BCUT2D eigenvalue weighted by molar-refractivity contribution is -0.122. The Bertz CT molecular complexity index is 476. The molecule has 2 N–H and O–H groups in total. The molecule has 0 saturated carbocycles. The van der Waals surface area contributed by atoms with Gasteiger partial charge in [-0.15, -0.1) is 24.2 Å². The van der Waals surface area contributed by atoms with Gasteiger partial charge in [0.1, 0.15) is 0 Å². The average molecular weight is 349 g/mol. The van der Waals surface area contributed by atoms with Crippen molar-refractivity contribution >= 4 is 41.7 Å². The van der Waals surface area contributed by atoms with E-state index in [1.165, 1.54) is 5.56 Å². The first-order chi connectivity index (χ1) is 9.46. The van der Waals surface area contributed by atoms with Crippen molar-refractivity contribution < 1.29 is 4.79 Å². The molecule has 21 heavy (non-hydrogen) atoms. The quantitative estimate of drug-likeness (QED) is 0.858. The van der Waals surface area contributed by atoms with Crippen LogP contribution in [0.4, 0.5) is 0 Å². The molecule has 0 bridgehead atoms. The van der Waals surface area contributed by atoms with Crippen molar-refractivity contribution in [3.63, 3.8) is 0 Å². The minimum Gasteiger partial charge on any atom is -0.354 e. The van der Waals surface area contributed by atoms with Gasteiger partial charge in [-0.2, -0.15) is 0 Å². The van der Waals surface area contributed by atoms with Crippen LogP contribution in [-0.2, 0) is 11.2 Å². The highest BCUT2D eigenvalue weighted by atomic mass is 35.5. The lowest BCUT2D eigenvalue weighted by Crippen LogP contribution is -2.45. The highest BCUT2D eigenvalue weighted by Crippen LogP contribution is 2.23. The van der Waals surface area contributed by atoms with Crippen molar-refractivity contribution in [1.82, 2.24) is 10.6 Å². The molecule has 1 aromatic rings. The second-order valence-corrected chi connectivity index (χ2v) is 7.43. The second kappa shape index (κ2) is 8.28. The topological polar surface area (TPSA) is 41.1 Å². The summed E-state index contributed by atoms with van der Waals surface area (Å²) in [6, 6.07) is 7.86. The molecular weight excluding hydrogens is 327 g/mol. The normalized spacial score (nSPS) is 18.1. The third kappa shape index (κ3) is 6.07. The van der Waals surface area contributed by atoms with Gasteiger partial charge in [0.2, 0.25) is 5.91 Å². The first-order valence-corrected chi connectivity index (χ1v) is 8.33. The zero-order valence-electron chi connectivity index (χ0n) is 12.3. The van der Waals surface area contributed by atoms with Gasteiger partial charge < -0.3 is 5.32 Å². The van der Waals surface area contributed by atoms with Gasteiger partial charge in [-0.05, 0) is 29.5 Å². The van der Waals surface area contributed by atoms with Crippen LogP contribution in [0.5, 0.6) is 0 Å². The standard InChI is InChI=1S/C15H21ClN2OS.ClH/c1-15(2,7-11-4-3-5-12(16)6-11)9-17-14(19)13-8-20-10-18-13;/h3-6,13,18H,7-10H2,1-2H3,(H,17,19);1H. The minimum atomic E-state index is -0.0398. The maximum Gasteiger partial charge on any atom is 0.238 e. The maximum absolute atomic E-state index is 12.0. The van der Waals surface area contributed by atoms with E-state index >= 15 is 0 Å². The Labute approximate surface area is 142 Å².